The molecule has 0 unspecified atom stereocenters. The Labute approximate surface area is 148 Å². The molecule has 2 aromatic heterocycles. The van der Waals surface area contributed by atoms with Gasteiger partial charge in [-0.2, -0.15) is 13.2 Å². The van der Waals surface area contributed by atoms with Crippen molar-refractivity contribution in [2.75, 3.05) is 18.4 Å². The molecule has 140 valence electrons. The third-order valence-corrected chi connectivity index (χ3v) is 5.32. The maximum atomic E-state index is 12.4. The number of hydrogen-bond donors (Lipinski definition) is 2. The molecule has 0 radical (unpaired) electrons. The molecule has 26 heavy (non-hydrogen) atoms. The number of amides is 1. The Bertz CT molecular complexity index is 819. The van der Waals surface area contributed by atoms with Gasteiger partial charge in [0.1, 0.15) is 23.7 Å². The average Bonchev–Trinajstić information content (AvgIpc) is 3.18. The van der Waals surface area contributed by atoms with Gasteiger partial charge in [0.15, 0.2) is 0 Å². The van der Waals surface area contributed by atoms with Gasteiger partial charge in [-0.3, -0.25) is 4.79 Å². The first kappa shape index (κ1) is 17.1. The van der Waals surface area contributed by atoms with Crippen LogP contribution in [0.1, 0.15) is 25.1 Å². The first-order valence-corrected chi connectivity index (χ1v) is 8.71. The van der Waals surface area contributed by atoms with E-state index in [0.717, 1.165) is 29.7 Å². The van der Waals surface area contributed by atoms with Crippen LogP contribution < -0.4 is 5.32 Å². The predicted octanol–water partition coefficient (Wildman–Crippen LogP) is 2.87. The van der Waals surface area contributed by atoms with Crippen molar-refractivity contribution in [3.05, 3.63) is 18.1 Å². The monoisotopic (exact) mass is 367 g/mol. The lowest BCUT2D eigenvalue weighted by Crippen LogP contribution is -2.34. The fourth-order valence-electron chi connectivity index (χ4n) is 4.26. The Kier molecular flexibility index (Phi) is 4.04. The number of nitrogens with one attached hydrogen (secondary N) is 2. The van der Waals surface area contributed by atoms with Crippen LogP contribution in [0.3, 0.4) is 0 Å². The van der Waals surface area contributed by atoms with Crippen LogP contribution in [0.2, 0.25) is 0 Å². The number of likely N-dealkylation sites (tertiary alicyclic amines) is 1. The zero-order chi connectivity index (χ0) is 18.5. The van der Waals surface area contributed by atoms with E-state index in [0.29, 0.717) is 18.9 Å². The Hall–Kier alpha value is -2.32. The molecule has 4 rings (SSSR count). The molecule has 2 aliphatic rings. The van der Waals surface area contributed by atoms with Gasteiger partial charge in [-0.05, 0) is 37.7 Å². The molecule has 2 fully saturated rings. The number of halogens is 3. The van der Waals surface area contributed by atoms with Crippen LogP contribution in [0.4, 0.5) is 19.0 Å². The van der Waals surface area contributed by atoms with E-state index >= 15 is 0 Å². The fraction of sp³-hybridized carbons (Fsp3) is 0.588. The number of carbonyl (C=O) groups is 1. The first-order chi connectivity index (χ1) is 12.3. The summed E-state index contributed by atoms with van der Waals surface area (Å²) in [6.07, 6.45) is -2.33. The lowest BCUT2D eigenvalue weighted by atomic mass is 10.0. The molecule has 3 heterocycles. The topological polar surface area (TPSA) is 73.9 Å². The summed E-state index contributed by atoms with van der Waals surface area (Å²) in [5.74, 6) is 1.13. The van der Waals surface area contributed by atoms with Crippen LogP contribution in [0.5, 0.6) is 0 Å². The van der Waals surface area contributed by atoms with E-state index in [2.05, 4.69) is 20.3 Å². The van der Waals surface area contributed by atoms with Gasteiger partial charge >= 0.3 is 6.18 Å². The van der Waals surface area contributed by atoms with Gasteiger partial charge in [-0.25, -0.2) is 9.97 Å². The summed E-state index contributed by atoms with van der Waals surface area (Å²) in [6.45, 7) is 2.67. The molecule has 2 N–H and O–H groups in total. The number of aromatic amines is 1. The minimum atomic E-state index is -4.44. The zero-order valence-electron chi connectivity index (χ0n) is 14.3. The number of H-pyrrole nitrogens is 1. The number of fused-ring (bicyclic) bond motifs is 2. The number of anilines is 1. The van der Waals surface area contributed by atoms with Crippen molar-refractivity contribution in [2.45, 2.75) is 38.4 Å². The summed E-state index contributed by atoms with van der Waals surface area (Å²) < 4.78 is 37.2. The molecule has 0 aromatic carbocycles. The molecule has 2 aromatic rings. The van der Waals surface area contributed by atoms with Crippen molar-refractivity contribution in [1.29, 1.82) is 0 Å². The highest BCUT2D eigenvalue weighted by atomic mass is 19.4. The molecule has 6 nitrogen and oxygen atoms in total. The van der Waals surface area contributed by atoms with Crippen LogP contribution >= 0.6 is 0 Å². The minimum Gasteiger partial charge on any atom is -0.367 e. The number of alkyl halides is 3. The summed E-state index contributed by atoms with van der Waals surface area (Å²) in [5, 5.41) is 4.39. The molecule has 1 saturated heterocycles. The van der Waals surface area contributed by atoms with E-state index in [1.165, 1.54) is 4.90 Å². The molecule has 0 bridgehead atoms. The molecule has 1 aliphatic heterocycles. The smallest absolute Gasteiger partial charge is 0.367 e. The van der Waals surface area contributed by atoms with E-state index in [1.54, 1.807) is 0 Å². The number of aromatic nitrogens is 3. The Balaban J connectivity index is 1.39. The van der Waals surface area contributed by atoms with Gasteiger partial charge in [-0.15, -0.1) is 0 Å². The average molecular weight is 367 g/mol. The number of aryl methyl sites for hydroxylation is 1. The quantitative estimate of drug-likeness (QED) is 0.875. The predicted molar refractivity (Wildman–Crippen MR) is 89.5 cm³/mol. The van der Waals surface area contributed by atoms with Crippen LogP contribution in [0.25, 0.3) is 11.0 Å². The largest absolute Gasteiger partial charge is 0.397 e. The first-order valence-electron chi connectivity index (χ1n) is 8.71. The molecule has 9 heteroatoms. The van der Waals surface area contributed by atoms with Crippen molar-refractivity contribution >= 4 is 22.8 Å². The van der Waals surface area contributed by atoms with Crippen LogP contribution in [0.15, 0.2) is 12.3 Å². The van der Waals surface area contributed by atoms with Gasteiger partial charge in [0.2, 0.25) is 5.91 Å². The van der Waals surface area contributed by atoms with Crippen molar-refractivity contribution in [1.82, 2.24) is 19.9 Å². The van der Waals surface area contributed by atoms with E-state index in [1.807, 2.05) is 19.2 Å². The van der Waals surface area contributed by atoms with Gasteiger partial charge in [0, 0.05) is 25.3 Å². The number of carbonyl (C=O) groups excluding carboxylic acids is 1. The second-order valence-corrected chi connectivity index (χ2v) is 7.28. The van der Waals surface area contributed by atoms with Gasteiger partial charge in [0.05, 0.1) is 5.39 Å². The molecule has 1 saturated carbocycles. The second-order valence-electron chi connectivity index (χ2n) is 7.28. The van der Waals surface area contributed by atoms with E-state index < -0.39 is 18.5 Å². The van der Waals surface area contributed by atoms with Gasteiger partial charge in [0.25, 0.3) is 0 Å². The van der Waals surface area contributed by atoms with Gasteiger partial charge in [-0.1, -0.05) is 0 Å². The zero-order valence-corrected chi connectivity index (χ0v) is 14.3. The third kappa shape index (κ3) is 3.34. The molecule has 0 spiro atoms. The fourth-order valence-corrected chi connectivity index (χ4v) is 4.26. The Morgan fingerprint density at radius 2 is 2.00 bits per heavy atom. The molecular weight excluding hydrogens is 347 g/mol. The standard InChI is InChI=1S/C17H20F3N5O/c1-9-22-15-13(2-3-21-15)16(23-9)24-12-4-10-7-25(8-11(10)5-12)14(26)6-17(18,19)20/h2-3,10-12H,4-8H2,1H3,(H2,21,22,23,24)/t10-,11+,12-. The second kappa shape index (κ2) is 6.14. The SMILES string of the molecule is Cc1nc(N[C@@H]2C[C@@H]3CN(C(=O)CC(F)(F)F)C[C@@H]3C2)c2cc[nH]c2n1. The Morgan fingerprint density at radius 3 is 2.65 bits per heavy atom. The maximum Gasteiger partial charge on any atom is 0.397 e. The molecule has 3 atom stereocenters. The third-order valence-electron chi connectivity index (χ3n) is 5.32. The van der Waals surface area contributed by atoms with E-state index in [9.17, 15) is 18.0 Å². The van der Waals surface area contributed by atoms with Crippen molar-refractivity contribution in [3.63, 3.8) is 0 Å². The highest BCUT2D eigenvalue weighted by molar-refractivity contribution is 5.87. The number of rotatable bonds is 3. The minimum absolute atomic E-state index is 0.206. The van der Waals surface area contributed by atoms with E-state index in [4.69, 9.17) is 0 Å². The summed E-state index contributed by atoms with van der Waals surface area (Å²) in [5.41, 5.74) is 0.780. The molecular formula is C17H20F3N5O. The van der Waals surface area contributed by atoms with Crippen molar-refractivity contribution in [2.24, 2.45) is 11.8 Å². The maximum absolute atomic E-state index is 12.4. The van der Waals surface area contributed by atoms with Crippen LogP contribution in [-0.2, 0) is 4.79 Å². The highest BCUT2D eigenvalue weighted by Gasteiger charge is 2.44. The lowest BCUT2D eigenvalue weighted by Gasteiger charge is -2.21. The number of hydrogen-bond acceptors (Lipinski definition) is 4. The highest BCUT2D eigenvalue weighted by Crippen LogP contribution is 2.40. The lowest BCUT2D eigenvalue weighted by molar-refractivity contribution is -0.160. The summed E-state index contributed by atoms with van der Waals surface area (Å²) in [6, 6.07) is 2.13. The summed E-state index contributed by atoms with van der Waals surface area (Å²) in [4.78, 5) is 25.1. The van der Waals surface area contributed by atoms with Crippen molar-refractivity contribution < 1.29 is 18.0 Å². The summed E-state index contributed by atoms with van der Waals surface area (Å²) >= 11 is 0. The van der Waals surface area contributed by atoms with Crippen LogP contribution in [0, 0.1) is 18.8 Å². The van der Waals surface area contributed by atoms with Crippen molar-refractivity contribution in [3.8, 4) is 0 Å². The summed E-state index contributed by atoms with van der Waals surface area (Å²) in [7, 11) is 0. The normalized spacial score (nSPS) is 25.7. The molecule has 1 aliphatic carbocycles. The van der Waals surface area contributed by atoms with E-state index in [-0.39, 0.29) is 17.9 Å². The number of nitrogens with zero attached hydrogens (tertiary/aromatic N) is 3. The molecule has 1 amide bonds. The van der Waals surface area contributed by atoms with Gasteiger partial charge < -0.3 is 15.2 Å². The van der Waals surface area contributed by atoms with Crippen LogP contribution in [-0.4, -0.2) is 51.1 Å². The Morgan fingerprint density at radius 1 is 1.31 bits per heavy atom.